The maximum absolute atomic E-state index is 11.9. The molecule has 1 aromatic carbocycles. The predicted octanol–water partition coefficient (Wildman–Crippen LogP) is 2.54. The highest BCUT2D eigenvalue weighted by Gasteiger charge is 2.12. The molecule has 3 aromatic heterocycles. The van der Waals surface area contributed by atoms with E-state index in [0.717, 1.165) is 22.4 Å². The van der Waals surface area contributed by atoms with E-state index < -0.39 is 6.09 Å². The maximum Gasteiger partial charge on any atom is 0.413 e. The summed E-state index contributed by atoms with van der Waals surface area (Å²) >= 11 is 0. The minimum absolute atomic E-state index is 0.151. The van der Waals surface area contributed by atoms with Crippen molar-refractivity contribution in [1.29, 1.82) is 0 Å². The van der Waals surface area contributed by atoms with E-state index in [9.17, 15) is 9.59 Å². The Morgan fingerprint density at radius 2 is 1.80 bits per heavy atom. The normalized spacial score (nSPS) is 10.6. The van der Waals surface area contributed by atoms with E-state index in [0.29, 0.717) is 11.2 Å². The van der Waals surface area contributed by atoms with Crippen molar-refractivity contribution in [3.05, 3.63) is 66.6 Å². The Balaban J connectivity index is 1.69. The van der Waals surface area contributed by atoms with Gasteiger partial charge in [0.1, 0.15) is 0 Å². The smallest absolute Gasteiger partial charge is 0.391 e. The first-order valence-corrected chi connectivity index (χ1v) is 9.11. The third-order valence-corrected chi connectivity index (χ3v) is 4.48. The molecule has 0 unspecified atom stereocenters. The lowest BCUT2D eigenvalue weighted by Gasteiger charge is -2.07. The minimum atomic E-state index is -0.598. The first-order valence-electron chi connectivity index (χ1n) is 9.11. The SMILES string of the molecule is CNC(=O)Oc1cc(-c2cnc3cc(-c4cccc(C(=O)NC)c4)cnn23)ccn1. The molecule has 0 aliphatic rings. The van der Waals surface area contributed by atoms with E-state index in [1.165, 1.54) is 7.05 Å². The molecule has 2 N–H and O–H groups in total. The van der Waals surface area contributed by atoms with Gasteiger partial charge in [0.05, 0.1) is 18.1 Å². The largest absolute Gasteiger partial charge is 0.413 e. The van der Waals surface area contributed by atoms with Crippen LogP contribution >= 0.6 is 0 Å². The van der Waals surface area contributed by atoms with Crippen LogP contribution in [0.25, 0.3) is 28.0 Å². The van der Waals surface area contributed by atoms with Crippen LogP contribution in [0.3, 0.4) is 0 Å². The molecule has 0 radical (unpaired) electrons. The number of imidazole rings is 1. The fraction of sp³-hybridized carbons (Fsp3) is 0.0952. The van der Waals surface area contributed by atoms with Gasteiger partial charge in [-0.1, -0.05) is 12.1 Å². The van der Waals surface area contributed by atoms with Crippen molar-refractivity contribution in [1.82, 2.24) is 30.2 Å². The molecule has 150 valence electrons. The van der Waals surface area contributed by atoms with Crippen LogP contribution in [-0.2, 0) is 0 Å². The topological polar surface area (TPSA) is 111 Å². The highest BCUT2D eigenvalue weighted by Crippen LogP contribution is 2.26. The number of carbonyl (C=O) groups excluding carboxylic acids is 2. The van der Waals surface area contributed by atoms with Crippen LogP contribution < -0.4 is 15.4 Å². The molecule has 0 atom stereocenters. The molecule has 2 amide bonds. The summed E-state index contributed by atoms with van der Waals surface area (Å²) in [6.07, 6.45) is 4.35. The minimum Gasteiger partial charge on any atom is -0.391 e. The summed E-state index contributed by atoms with van der Waals surface area (Å²) in [5.74, 6) is 0.0193. The van der Waals surface area contributed by atoms with Gasteiger partial charge in [-0.05, 0) is 29.8 Å². The van der Waals surface area contributed by atoms with Crippen LogP contribution in [-0.4, -0.2) is 45.7 Å². The number of pyridine rings is 1. The Morgan fingerprint density at radius 3 is 2.60 bits per heavy atom. The fourth-order valence-electron chi connectivity index (χ4n) is 2.99. The predicted molar refractivity (Wildman–Crippen MR) is 110 cm³/mol. The van der Waals surface area contributed by atoms with E-state index in [2.05, 4.69) is 25.7 Å². The molecule has 0 aliphatic carbocycles. The van der Waals surface area contributed by atoms with Crippen LogP contribution in [0.15, 0.2) is 61.1 Å². The standard InChI is InChI=1S/C21H18N6O3/c1-22-20(28)15-5-3-4-13(8-15)16-9-18-25-12-17(27(18)26-11-16)14-6-7-24-19(10-14)30-21(29)23-2/h3-12H,1-2H3,(H,22,28)(H,23,29). The summed E-state index contributed by atoms with van der Waals surface area (Å²) in [5.41, 5.74) is 4.38. The number of aromatic nitrogens is 4. The van der Waals surface area contributed by atoms with Gasteiger partial charge >= 0.3 is 6.09 Å². The molecule has 0 fully saturated rings. The zero-order valence-electron chi connectivity index (χ0n) is 16.3. The van der Waals surface area contributed by atoms with Crippen LogP contribution in [0.4, 0.5) is 4.79 Å². The van der Waals surface area contributed by atoms with Gasteiger partial charge < -0.3 is 15.4 Å². The van der Waals surface area contributed by atoms with Crippen molar-refractivity contribution in [2.24, 2.45) is 0 Å². The molecule has 0 bridgehead atoms. The van der Waals surface area contributed by atoms with Crippen LogP contribution in [0, 0.1) is 0 Å². The summed E-state index contributed by atoms with van der Waals surface area (Å²) in [5, 5.41) is 9.51. The van der Waals surface area contributed by atoms with Gasteiger partial charge in [0.2, 0.25) is 5.88 Å². The zero-order chi connectivity index (χ0) is 21.1. The van der Waals surface area contributed by atoms with Crippen molar-refractivity contribution in [3.63, 3.8) is 0 Å². The number of ether oxygens (including phenoxy) is 1. The number of nitrogens with zero attached hydrogens (tertiary/aromatic N) is 4. The summed E-state index contributed by atoms with van der Waals surface area (Å²) in [7, 11) is 3.07. The number of benzene rings is 1. The van der Waals surface area contributed by atoms with E-state index in [1.807, 2.05) is 18.2 Å². The second-order valence-electron chi connectivity index (χ2n) is 6.34. The van der Waals surface area contributed by atoms with Gasteiger partial charge in [-0.2, -0.15) is 5.10 Å². The Bertz CT molecular complexity index is 1250. The van der Waals surface area contributed by atoms with Crippen molar-refractivity contribution in [2.75, 3.05) is 14.1 Å². The number of rotatable bonds is 4. The van der Waals surface area contributed by atoms with Gasteiger partial charge in [-0.3, -0.25) is 4.79 Å². The summed E-state index contributed by atoms with van der Waals surface area (Å²) in [6, 6.07) is 12.6. The zero-order valence-corrected chi connectivity index (χ0v) is 16.3. The van der Waals surface area contributed by atoms with E-state index in [4.69, 9.17) is 4.74 Å². The molecule has 4 aromatic rings. The molecule has 0 aliphatic heterocycles. The van der Waals surface area contributed by atoms with E-state index >= 15 is 0 Å². The van der Waals surface area contributed by atoms with Crippen LogP contribution in [0.2, 0.25) is 0 Å². The first-order chi connectivity index (χ1) is 14.6. The van der Waals surface area contributed by atoms with E-state index in [1.54, 1.807) is 54.4 Å². The molecule has 9 heteroatoms. The lowest BCUT2D eigenvalue weighted by molar-refractivity contribution is 0.0963. The van der Waals surface area contributed by atoms with Crippen LogP contribution in [0.5, 0.6) is 5.88 Å². The molecule has 9 nitrogen and oxygen atoms in total. The number of hydrogen-bond acceptors (Lipinski definition) is 6. The number of fused-ring (bicyclic) bond motifs is 1. The van der Waals surface area contributed by atoms with E-state index in [-0.39, 0.29) is 11.8 Å². The van der Waals surface area contributed by atoms with Gasteiger partial charge in [0, 0.05) is 43.0 Å². The lowest BCUT2D eigenvalue weighted by atomic mass is 10.0. The molecular formula is C21H18N6O3. The molecular weight excluding hydrogens is 384 g/mol. The third-order valence-electron chi connectivity index (χ3n) is 4.48. The average Bonchev–Trinajstić information content (AvgIpc) is 3.22. The van der Waals surface area contributed by atoms with Gasteiger partial charge in [0.25, 0.3) is 5.91 Å². The monoisotopic (exact) mass is 402 g/mol. The summed E-state index contributed by atoms with van der Waals surface area (Å²) in [6.45, 7) is 0. The van der Waals surface area contributed by atoms with Crippen molar-refractivity contribution >= 4 is 17.6 Å². The second kappa shape index (κ2) is 8.00. The Kier molecular flexibility index (Phi) is 5.08. The lowest BCUT2D eigenvalue weighted by Crippen LogP contribution is -2.22. The Hall–Kier alpha value is -4.27. The fourth-order valence-corrected chi connectivity index (χ4v) is 2.99. The second-order valence-corrected chi connectivity index (χ2v) is 6.34. The summed E-state index contributed by atoms with van der Waals surface area (Å²) < 4.78 is 6.77. The summed E-state index contributed by atoms with van der Waals surface area (Å²) in [4.78, 5) is 31.8. The molecule has 0 spiro atoms. The van der Waals surface area contributed by atoms with Crippen molar-refractivity contribution in [2.45, 2.75) is 0 Å². The Morgan fingerprint density at radius 1 is 0.933 bits per heavy atom. The molecule has 30 heavy (non-hydrogen) atoms. The average molecular weight is 402 g/mol. The number of amides is 2. The number of hydrogen-bond donors (Lipinski definition) is 2. The van der Waals surface area contributed by atoms with Gasteiger partial charge in [-0.25, -0.2) is 19.3 Å². The first kappa shape index (κ1) is 19.1. The maximum atomic E-state index is 11.9. The third kappa shape index (κ3) is 3.68. The van der Waals surface area contributed by atoms with Crippen molar-refractivity contribution in [3.8, 4) is 28.3 Å². The molecule has 3 heterocycles. The Labute approximate surface area is 171 Å². The molecule has 0 saturated heterocycles. The molecule has 0 saturated carbocycles. The van der Waals surface area contributed by atoms with Crippen LogP contribution in [0.1, 0.15) is 10.4 Å². The highest BCUT2D eigenvalue weighted by molar-refractivity contribution is 5.95. The number of nitrogens with one attached hydrogen (secondary N) is 2. The van der Waals surface area contributed by atoms with Gasteiger partial charge in [-0.15, -0.1) is 0 Å². The van der Waals surface area contributed by atoms with Crippen molar-refractivity contribution < 1.29 is 14.3 Å². The number of carbonyl (C=O) groups is 2. The quantitative estimate of drug-likeness (QED) is 0.543. The highest BCUT2D eigenvalue weighted by atomic mass is 16.6. The van der Waals surface area contributed by atoms with Gasteiger partial charge in [0.15, 0.2) is 5.65 Å². The molecule has 4 rings (SSSR count).